The van der Waals surface area contributed by atoms with Gasteiger partial charge in [0.15, 0.2) is 0 Å². The van der Waals surface area contributed by atoms with Crippen LogP contribution in [0.4, 0.5) is 5.69 Å². The van der Waals surface area contributed by atoms with Crippen molar-refractivity contribution in [2.45, 2.75) is 6.54 Å². The molecule has 0 spiro atoms. The quantitative estimate of drug-likeness (QED) is 0.745. The van der Waals surface area contributed by atoms with Crippen molar-refractivity contribution in [1.29, 1.82) is 0 Å². The predicted molar refractivity (Wildman–Crippen MR) is 93.5 cm³/mol. The third-order valence-electron chi connectivity index (χ3n) is 4.47. The zero-order valence-corrected chi connectivity index (χ0v) is 13.1. The number of fused-ring (bicyclic) bond motifs is 1. The van der Waals surface area contributed by atoms with Gasteiger partial charge in [0.25, 0.3) is 0 Å². The molecule has 0 atom stereocenters. The maximum Gasteiger partial charge on any atom is 0.0722 e. The summed E-state index contributed by atoms with van der Waals surface area (Å²) in [5.74, 6) is 0. The topological polar surface area (TPSA) is 32.3 Å². The molecule has 0 radical (unpaired) electrons. The van der Waals surface area contributed by atoms with Crippen molar-refractivity contribution in [2.24, 2.45) is 0 Å². The molecular formula is C19H20N4. The van der Waals surface area contributed by atoms with Crippen LogP contribution in [0.3, 0.4) is 0 Å². The molecule has 1 fully saturated rings. The van der Waals surface area contributed by atoms with Crippen molar-refractivity contribution in [2.75, 3.05) is 31.1 Å². The second-order valence-electron chi connectivity index (χ2n) is 5.97. The molecule has 0 saturated carbocycles. The van der Waals surface area contributed by atoms with Gasteiger partial charge in [0.2, 0.25) is 0 Å². The highest BCUT2D eigenvalue weighted by molar-refractivity contribution is 5.91. The molecule has 0 bridgehead atoms. The first kappa shape index (κ1) is 14.2. The molecule has 0 amide bonds. The number of aromatic nitrogens is 2. The molecule has 3 heterocycles. The fourth-order valence-corrected chi connectivity index (χ4v) is 3.25. The van der Waals surface area contributed by atoms with Crippen LogP contribution in [0, 0.1) is 0 Å². The van der Waals surface area contributed by atoms with E-state index < -0.39 is 0 Å². The zero-order valence-electron chi connectivity index (χ0n) is 13.1. The second kappa shape index (κ2) is 6.34. The Hall–Kier alpha value is -2.46. The Morgan fingerprint density at radius 2 is 1.74 bits per heavy atom. The van der Waals surface area contributed by atoms with Gasteiger partial charge in [-0.2, -0.15) is 0 Å². The van der Waals surface area contributed by atoms with Crippen molar-refractivity contribution in [1.82, 2.24) is 14.9 Å². The van der Waals surface area contributed by atoms with E-state index >= 15 is 0 Å². The van der Waals surface area contributed by atoms with E-state index in [0.29, 0.717) is 0 Å². The number of hydrogen-bond acceptors (Lipinski definition) is 4. The molecule has 2 aromatic heterocycles. The highest BCUT2D eigenvalue weighted by Gasteiger charge is 2.18. The molecule has 3 aromatic rings. The van der Waals surface area contributed by atoms with E-state index in [1.165, 1.54) is 16.6 Å². The summed E-state index contributed by atoms with van der Waals surface area (Å²) in [6.07, 6.45) is 5.71. The number of benzene rings is 1. The van der Waals surface area contributed by atoms with Crippen molar-refractivity contribution in [3.63, 3.8) is 0 Å². The first-order valence-corrected chi connectivity index (χ1v) is 8.10. The predicted octanol–water partition coefficient (Wildman–Crippen LogP) is 2.95. The smallest absolute Gasteiger partial charge is 0.0722 e. The Balaban J connectivity index is 1.47. The zero-order chi connectivity index (χ0) is 15.5. The third kappa shape index (κ3) is 3.03. The first-order chi connectivity index (χ1) is 11.4. The molecule has 0 aliphatic carbocycles. The van der Waals surface area contributed by atoms with E-state index in [2.05, 4.69) is 50.1 Å². The van der Waals surface area contributed by atoms with Crippen LogP contribution in [0.2, 0.25) is 0 Å². The van der Waals surface area contributed by atoms with E-state index in [-0.39, 0.29) is 0 Å². The third-order valence-corrected chi connectivity index (χ3v) is 4.47. The van der Waals surface area contributed by atoms with Crippen molar-refractivity contribution >= 4 is 16.6 Å². The summed E-state index contributed by atoms with van der Waals surface area (Å²) in [5, 5.41) is 1.25. The van der Waals surface area contributed by atoms with Crippen LogP contribution in [0.5, 0.6) is 0 Å². The van der Waals surface area contributed by atoms with E-state index in [9.17, 15) is 0 Å². The normalized spacial score (nSPS) is 15.9. The van der Waals surface area contributed by atoms with Crippen LogP contribution >= 0.6 is 0 Å². The number of pyridine rings is 2. The molecule has 4 rings (SSSR count). The summed E-state index contributed by atoms with van der Waals surface area (Å²) in [6, 6.07) is 14.7. The molecular weight excluding hydrogens is 284 g/mol. The minimum Gasteiger partial charge on any atom is -0.368 e. The monoisotopic (exact) mass is 304 g/mol. The summed E-state index contributed by atoms with van der Waals surface area (Å²) in [5.41, 5.74) is 3.66. The number of nitrogens with zero attached hydrogens (tertiary/aromatic N) is 4. The van der Waals surface area contributed by atoms with Gasteiger partial charge in [-0.1, -0.05) is 24.3 Å². The van der Waals surface area contributed by atoms with Crippen LogP contribution in [0.15, 0.2) is 61.1 Å². The van der Waals surface area contributed by atoms with Gasteiger partial charge in [-0.25, -0.2) is 0 Å². The lowest BCUT2D eigenvalue weighted by atomic mass is 10.1. The number of hydrogen-bond donors (Lipinski definition) is 0. The summed E-state index contributed by atoms with van der Waals surface area (Å²) in [7, 11) is 0. The Bertz CT molecular complexity index is 774. The molecule has 23 heavy (non-hydrogen) atoms. The standard InChI is InChI=1S/C19H20N4/c1-2-6-18-17(5-1)19(7-9-21-18)23-12-10-22(11-13-23)15-16-4-3-8-20-14-16/h1-9,14H,10-13,15H2. The lowest BCUT2D eigenvalue weighted by Crippen LogP contribution is -2.46. The van der Waals surface area contributed by atoms with Crippen LogP contribution in [-0.4, -0.2) is 41.0 Å². The summed E-state index contributed by atoms with van der Waals surface area (Å²) < 4.78 is 0. The Morgan fingerprint density at radius 1 is 0.870 bits per heavy atom. The molecule has 0 unspecified atom stereocenters. The van der Waals surface area contributed by atoms with Crippen LogP contribution < -0.4 is 4.90 Å². The first-order valence-electron chi connectivity index (χ1n) is 8.10. The fourth-order valence-electron chi connectivity index (χ4n) is 3.25. The van der Waals surface area contributed by atoms with Gasteiger partial charge >= 0.3 is 0 Å². The van der Waals surface area contributed by atoms with Gasteiger partial charge < -0.3 is 4.90 Å². The van der Waals surface area contributed by atoms with E-state index in [1.807, 2.05) is 30.7 Å². The maximum atomic E-state index is 4.46. The van der Waals surface area contributed by atoms with Gasteiger partial charge in [0.1, 0.15) is 0 Å². The maximum absolute atomic E-state index is 4.46. The average molecular weight is 304 g/mol. The minimum absolute atomic E-state index is 0.985. The van der Waals surface area contributed by atoms with Crippen molar-refractivity contribution in [3.8, 4) is 0 Å². The number of piperazine rings is 1. The molecule has 0 N–H and O–H groups in total. The lowest BCUT2D eigenvalue weighted by Gasteiger charge is -2.36. The van der Waals surface area contributed by atoms with Crippen LogP contribution in [0.25, 0.3) is 10.9 Å². The van der Waals surface area contributed by atoms with E-state index in [1.54, 1.807) is 0 Å². The SMILES string of the molecule is c1cncc(CN2CCN(c3ccnc4ccccc34)CC2)c1. The van der Waals surface area contributed by atoms with Gasteiger partial charge in [0, 0.05) is 62.4 Å². The molecule has 1 aliphatic heterocycles. The highest BCUT2D eigenvalue weighted by Crippen LogP contribution is 2.26. The lowest BCUT2D eigenvalue weighted by molar-refractivity contribution is 0.250. The van der Waals surface area contributed by atoms with E-state index in [0.717, 1.165) is 38.2 Å². The Labute approximate surface area is 136 Å². The molecule has 116 valence electrons. The molecule has 4 nitrogen and oxygen atoms in total. The Kier molecular flexibility index (Phi) is 3.90. The molecule has 1 aromatic carbocycles. The van der Waals surface area contributed by atoms with Crippen LogP contribution in [-0.2, 0) is 6.54 Å². The summed E-state index contributed by atoms with van der Waals surface area (Å²) in [6.45, 7) is 5.23. The summed E-state index contributed by atoms with van der Waals surface area (Å²) in [4.78, 5) is 13.6. The number of rotatable bonds is 3. The fraction of sp³-hybridized carbons (Fsp3) is 0.263. The van der Waals surface area contributed by atoms with Gasteiger partial charge in [-0.3, -0.25) is 14.9 Å². The number of para-hydroxylation sites is 1. The van der Waals surface area contributed by atoms with Gasteiger partial charge in [-0.05, 0) is 23.8 Å². The van der Waals surface area contributed by atoms with Crippen LogP contribution in [0.1, 0.15) is 5.56 Å². The second-order valence-corrected chi connectivity index (χ2v) is 5.97. The van der Waals surface area contributed by atoms with E-state index in [4.69, 9.17) is 0 Å². The summed E-state index contributed by atoms with van der Waals surface area (Å²) >= 11 is 0. The highest BCUT2D eigenvalue weighted by atomic mass is 15.3. The van der Waals surface area contributed by atoms with Crippen molar-refractivity contribution < 1.29 is 0 Å². The average Bonchev–Trinajstić information content (AvgIpc) is 2.63. The Morgan fingerprint density at radius 3 is 2.57 bits per heavy atom. The molecule has 4 heteroatoms. The van der Waals surface area contributed by atoms with Crippen molar-refractivity contribution in [3.05, 3.63) is 66.6 Å². The minimum atomic E-state index is 0.985. The van der Waals surface area contributed by atoms with Gasteiger partial charge in [-0.15, -0.1) is 0 Å². The largest absolute Gasteiger partial charge is 0.368 e. The number of anilines is 1. The molecule has 1 aliphatic rings. The van der Waals surface area contributed by atoms with Gasteiger partial charge in [0.05, 0.1) is 5.52 Å². The molecule has 1 saturated heterocycles.